The molecule has 1 fully saturated rings. The largest absolute Gasteiger partial charge is 0.458 e. The molecule has 2 amide bonds. The second-order valence-corrected chi connectivity index (χ2v) is 12.5. The molecule has 1 aromatic carbocycles. The number of esters is 1. The minimum atomic E-state index is -1.40. The third-order valence-electron chi connectivity index (χ3n) is 6.48. The van der Waals surface area contributed by atoms with Crippen molar-refractivity contribution in [2.45, 2.75) is 110 Å². The van der Waals surface area contributed by atoms with Crippen LogP contribution < -0.4 is 0 Å². The Kier molecular flexibility index (Phi) is 10.8. The molecule has 0 N–H and O–H groups in total. The lowest BCUT2D eigenvalue weighted by Gasteiger charge is -2.34. The molecule has 0 spiro atoms. The first-order chi connectivity index (χ1) is 18.7. The van der Waals surface area contributed by atoms with Crippen LogP contribution in [0.5, 0.6) is 0 Å². The zero-order valence-electron chi connectivity index (χ0n) is 24.9. The Labute approximate surface area is 238 Å². The van der Waals surface area contributed by atoms with E-state index in [1.54, 1.807) is 48.5 Å². The van der Waals surface area contributed by atoms with E-state index in [9.17, 15) is 14.4 Å². The number of hydrogen-bond acceptors (Lipinski definition) is 8. The molecule has 9 nitrogen and oxygen atoms in total. The maximum Gasteiger partial charge on any atom is 0.420 e. The van der Waals surface area contributed by atoms with Gasteiger partial charge < -0.3 is 23.7 Å². The quantitative estimate of drug-likeness (QED) is 0.252. The van der Waals surface area contributed by atoms with Crippen molar-refractivity contribution in [3.63, 3.8) is 0 Å². The molecule has 0 saturated carbocycles. The normalized spacial score (nSPS) is 26.1. The number of benzene rings is 1. The number of amides is 2. The summed E-state index contributed by atoms with van der Waals surface area (Å²) < 4.78 is 29.5. The van der Waals surface area contributed by atoms with Crippen LogP contribution >= 0.6 is 0 Å². The van der Waals surface area contributed by atoms with Gasteiger partial charge in [0.2, 0.25) is 0 Å². The van der Waals surface area contributed by atoms with E-state index in [4.69, 9.17) is 23.7 Å². The molecular formula is C31H45NO8. The van der Waals surface area contributed by atoms with Crippen LogP contribution in [0.25, 0.3) is 0 Å². The molecule has 2 aliphatic rings. The second kappa shape index (κ2) is 13.6. The van der Waals surface area contributed by atoms with Gasteiger partial charge in [-0.15, -0.1) is 0 Å². The third kappa shape index (κ3) is 9.63. The van der Waals surface area contributed by atoms with Crippen LogP contribution in [0, 0.1) is 5.92 Å². The molecular weight excluding hydrogens is 514 g/mol. The Morgan fingerprint density at radius 3 is 2.15 bits per heavy atom. The van der Waals surface area contributed by atoms with Crippen LogP contribution in [0.3, 0.4) is 0 Å². The van der Waals surface area contributed by atoms with Crippen LogP contribution in [0.1, 0.15) is 73.3 Å². The number of rotatable bonds is 5. The molecule has 222 valence electrons. The van der Waals surface area contributed by atoms with Crippen molar-refractivity contribution in [3.8, 4) is 0 Å². The molecule has 0 bridgehead atoms. The molecule has 1 saturated heterocycles. The SMILES string of the molecule is CC1OC(=O)C(N(C(=O)OC(C)(C)C)C(=O)OC(C)(C)C)COCC(Cc2ccccc2)C1OC1C=CCCC1. The van der Waals surface area contributed by atoms with E-state index in [1.807, 2.05) is 30.3 Å². The average Bonchev–Trinajstić information content (AvgIpc) is 2.89. The van der Waals surface area contributed by atoms with E-state index in [-0.39, 0.29) is 25.2 Å². The van der Waals surface area contributed by atoms with Crippen LogP contribution in [-0.4, -0.2) is 71.8 Å². The van der Waals surface area contributed by atoms with Gasteiger partial charge in [0.25, 0.3) is 0 Å². The summed E-state index contributed by atoms with van der Waals surface area (Å²) in [7, 11) is 0. The fourth-order valence-corrected chi connectivity index (χ4v) is 4.75. The van der Waals surface area contributed by atoms with Crippen molar-refractivity contribution in [1.29, 1.82) is 0 Å². The molecule has 1 aromatic rings. The van der Waals surface area contributed by atoms with E-state index in [0.717, 1.165) is 24.8 Å². The highest BCUT2D eigenvalue weighted by Crippen LogP contribution is 2.28. The summed E-state index contributed by atoms with van der Waals surface area (Å²) >= 11 is 0. The Bertz CT molecular complexity index is 998. The summed E-state index contributed by atoms with van der Waals surface area (Å²) in [6.07, 6.45) is 4.42. The Balaban J connectivity index is 1.92. The molecule has 5 atom stereocenters. The third-order valence-corrected chi connectivity index (χ3v) is 6.48. The lowest BCUT2D eigenvalue weighted by Crippen LogP contribution is -2.54. The first-order valence-corrected chi connectivity index (χ1v) is 14.1. The topological polar surface area (TPSA) is 101 Å². The smallest absolute Gasteiger partial charge is 0.420 e. The maximum absolute atomic E-state index is 13.6. The molecule has 0 radical (unpaired) electrons. The lowest BCUT2D eigenvalue weighted by atomic mass is 9.91. The predicted molar refractivity (Wildman–Crippen MR) is 150 cm³/mol. The Hall–Kier alpha value is -2.91. The highest BCUT2D eigenvalue weighted by molar-refractivity contribution is 5.94. The minimum Gasteiger partial charge on any atom is -0.458 e. The van der Waals surface area contributed by atoms with Gasteiger partial charge in [-0.2, -0.15) is 4.90 Å². The van der Waals surface area contributed by atoms with E-state index < -0.39 is 47.6 Å². The number of ether oxygens (including phenoxy) is 5. The molecule has 1 heterocycles. The standard InChI is InChI=1S/C31H45NO8/c1-21-26(38-24-16-12-9-13-17-24)23(18-22-14-10-8-11-15-22)19-36-20-25(27(33)37-21)32(28(34)39-30(2,3)4)29(35)40-31(5,6)7/h8,10-12,14-16,21,23-26H,9,13,17-20H2,1-7H3. The summed E-state index contributed by atoms with van der Waals surface area (Å²) in [5.41, 5.74) is -0.732. The highest BCUT2D eigenvalue weighted by atomic mass is 16.6. The highest BCUT2D eigenvalue weighted by Gasteiger charge is 2.44. The monoisotopic (exact) mass is 559 g/mol. The number of imide groups is 1. The fraction of sp³-hybridized carbons (Fsp3) is 0.645. The summed E-state index contributed by atoms with van der Waals surface area (Å²) in [4.78, 5) is 40.7. The van der Waals surface area contributed by atoms with E-state index in [0.29, 0.717) is 11.3 Å². The summed E-state index contributed by atoms with van der Waals surface area (Å²) in [6, 6.07) is 8.58. The Morgan fingerprint density at radius 1 is 0.975 bits per heavy atom. The summed E-state index contributed by atoms with van der Waals surface area (Å²) in [6.45, 7) is 11.8. The maximum atomic E-state index is 13.6. The predicted octanol–water partition coefficient (Wildman–Crippen LogP) is 5.84. The van der Waals surface area contributed by atoms with Gasteiger partial charge >= 0.3 is 18.2 Å². The van der Waals surface area contributed by atoms with E-state index >= 15 is 0 Å². The van der Waals surface area contributed by atoms with Crippen molar-refractivity contribution >= 4 is 18.2 Å². The van der Waals surface area contributed by atoms with Crippen LogP contribution in [-0.2, 0) is 34.9 Å². The van der Waals surface area contributed by atoms with Gasteiger partial charge in [-0.1, -0.05) is 42.5 Å². The molecule has 9 heteroatoms. The zero-order chi connectivity index (χ0) is 29.5. The first-order valence-electron chi connectivity index (χ1n) is 14.1. The molecule has 1 aliphatic carbocycles. The molecule has 5 unspecified atom stereocenters. The van der Waals surface area contributed by atoms with E-state index in [1.165, 1.54) is 0 Å². The zero-order valence-corrected chi connectivity index (χ0v) is 24.9. The van der Waals surface area contributed by atoms with Crippen molar-refractivity contribution in [1.82, 2.24) is 4.90 Å². The van der Waals surface area contributed by atoms with Crippen LogP contribution in [0.2, 0.25) is 0 Å². The number of carbonyl (C=O) groups is 3. The van der Waals surface area contributed by atoms with Gasteiger partial charge in [0.15, 0.2) is 6.04 Å². The first kappa shape index (κ1) is 31.6. The van der Waals surface area contributed by atoms with Gasteiger partial charge in [0.1, 0.15) is 23.4 Å². The molecule has 40 heavy (non-hydrogen) atoms. The number of carbonyl (C=O) groups excluding carboxylic acids is 3. The molecule has 3 rings (SSSR count). The number of hydrogen-bond donors (Lipinski definition) is 0. The van der Waals surface area contributed by atoms with Gasteiger partial charge in [-0.05, 0) is 79.7 Å². The number of nitrogens with zero attached hydrogens (tertiary/aromatic N) is 1. The average molecular weight is 560 g/mol. The van der Waals surface area contributed by atoms with Crippen molar-refractivity contribution < 1.29 is 38.1 Å². The van der Waals surface area contributed by atoms with Crippen molar-refractivity contribution in [2.75, 3.05) is 13.2 Å². The minimum absolute atomic E-state index is 0.102. The van der Waals surface area contributed by atoms with Gasteiger partial charge in [0.05, 0.1) is 19.3 Å². The van der Waals surface area contributed by atoms with Crippen molar-refractivity contribution in [2.24, 2.45) is 5.92 Å². The number of cyclic esters (lactones) is 1. The summed E-state index contributed by atoms with van der Waals surface area (Å²) in [5, 5.41) is 0. The summed E-state index contributed by atoms with van der Waals surface area (Å²) in [5.74, 6) is -0.951. The second-order valence-electron chi connectivity index (χ2n) is 12.5. The van der Waals surface area contributed by atoms with E-state index in [2.05, 4.69) is 12.2 Å². The van der Waals surface area contributed by atoms with Gasteiger partial charge in [-0.25, -0.2) is 14.4 Å². The van der Waals surface area contributed by atoms with Gasteiger partial charge in [0, 0.05) is 5.92 Å². The Morgan fingerprint density at radius 2 is 1.60 bits per heavy atom. The van der Waals surface area contributed by atoms with Crippen LogP contribution in [0.15, 0.2) is 42.5 Å². The van der Waals surface area contributed by atoms with Crippen molar-refractivity contribution in [3.05, 3.63) is 48.0 Å². The van der Waals surface area contributed by atoms with Crippen LogP contribution in [0.4, 0.5) is 9.59 Å². The van der Waals surface area contributed by atoms with Gasteiger partial charge in [-0.3, -0.25) is 0 Å². The fourth-order valence-electron chi connectivity index (χ4n) is 4.75. The number of allylic oxidation sites excluding steroid dienone is 1. The lowest BCUT2D eigenvalue weighted by molar-refractivity contribution is -0.166. The molecule has 1 aliphatic heterocycles. The molecule has 0 aromatic heterocycles.